The maximum Gasteiger partial charge on any atom is 0.330 e. The lowest BCUT2D eigenvalue weighted by molar-refractivity contribution is -0.142. The molecular formula is C17H21NO3. The first-order valence-electron chi connectivity index (χ1n) is 7.22. The van der Waals surface area contributed by atoms with Crippen molar-refractivity contribution in [2.75, 3.05) is 0 Å². The number of carbonyl (C=O) groups excluding carboxylic acids is 1. The van der Waals surface area contributed by atoms with Gasteiger partial charge in [0.2, 0.25) is 5.91 Å². The zero-order valence-corrected chi connectivity index (χ0v) is 12.4. The van der Waals surface area contributed by atoms with Gasteiger partial charge in [-0.15, -0.1) is 0 Å². The van der Waals surface area contributed by atoms with E-state index in [1.807, 2.05) is 38.1 Å². The number of nitrogens with one attached hydrogen (secondary N) is 1. The van der Waals surface area contributed by atoms with E-state index in [2.05, 4.69) is 11.4 Å². The number of carboxylic acids is 1. The summed E-state index contributed by atoms with van der Waals surface area (Å²) < 4.78 is 0. The second kappa shape index (κ2) is 6.57. The molecule has 0 fully saturated rings. The Balaban J connectivity index is 2.09. The Labute approximate surface area is 124 Å². The first kappa shape index (κ1) is 15.3. The predicted octanol–water partition coefficient (Wildman–Crippen LogP) is 2.90. The van der Waals surface area contributed by atoms with Gasteiger partial charge in [-0.05, 0) is 38.2 Å². The molecule has 2 N–H and O–H groups in total. The highest BCUT2D eigenvalue weighted by atomic mass is 16.4. The van der Waals surface area contributed by atoms with Crippen molar-refractivity contribution in [2.45, 2.75) is 39.2 Å². The smallest absolute Gasteiger partial charge is 0.330 e. The predicted molar refractivity (Wildman–Crippen MR) is 80.9 cm³/mol. The van der Waals surface area contributed by atoms with Crippen LogP contribution >= 0.6 is 0 Å². The summed E-state index contributed by atoms with van der Waals surface area (Å²) >= 11 is 0. The summed E-state index contributed by atoms with van der Waals surface area (Å²) in [7, 11) is 0. The topological polar surface area (TPSA) is 66.4 Å². The summed E-state index contributed by atoms with van der Waals surface area (Å²) in [4.78, 5) is 23.5. The highest BCUT2D eigenvalue weighted by Gasteiger charge is 2.24. The normalized spacial score (nSPS) is 18.5. The Kier molecular flexibility index (Phi) is 4.78. The van der Waals surface area contributed by atoms with Crippen LogP contribution in [-0.2, 0) is 9.59 Å². The van der Waals surface area contributed by atoms with Crippen molar-refractivity contribution in [3.05, 3.63) is 47.0 Å². The molecule has 0 radical (unpaired) electrons. The molecule has 2 atom stereocenters. The minimum atomic E-state index is -1.03. The number of benzene rings is 1. The maximum atomic E-state index is 12.0. The van der Waals surface area contributed by atoms with Crippen LogP contribution in [0.25, 0.3) is 0 Å². The molecule has 1 aliphatic rings. The van der Waals surface area contributed by atoms with Gasteiger partial charge in [-0.1, -0.05) is 41.5 Å². The van der Waals surface area contributed by atoms with Gasteiger partial charge >= 0.3 is 5.97 Å². The summed E-state index contributed by atoms with van der Waals surface area (Å²) in [5, 5.41) is 12.0. The molecule has 2 rings (SSSR count). The minimum absolute atomic E-state index is 0.210. The molecule has 2 unspecified atom stereocenters. The Morgan fingerprint density at radius 1 is 1.29 bits per heavy atom. The quantitative estimate of drug-likeness (QED) is 0.818. The third kappa shape index (κ3) is 4.18. The molecule has 0 heterocycles. The van der Waals surface area contributed by atoms with Gasteiger partial charge in [-0.3, -0.25) is 4.79 Å². The van der Waals surface area contributed by atoms with E-state index in [4.69, 9.17) is 0 Å². The monoisotopic (exact) mass is 287 g/mol. The third-order valence-electron chi connectivity index (χ3n) is 3.69. The highest BCUT2D eigenvalue weighted by Crippen LogP contribution is 2.22. The number of amides is 1. The summed E-state index contributed by atoms with van der Waals surface area (Å²) in [5.74, 6) is -1.01. The van der Waals surface area contributed by atoms with Crippen LogP contribution in [0.5, 0.6) is 0 Å². The molecule has 1 aromatic carbocycles. The fraction of sp³-hybridized carbons (Fsp3) is 0.412. The number of hydrogen-bond donors (Lipinski definition) is 2. The lowest BCUT2D eigenvalue weighted by Gasteiger charge is -2.17. The van der Waals surface area contributed by atoms with Gasteiger partial charge < -0.3 is 10.4 Å². The Morgan fingerprint density at radius 2 is 1.95 bits per heavy atom. The van der Waals surface area contributed by atoms with Crippen LogP contribution in [0.2, 0.25) is 0 Å². The first-order chi connectivity index (χ1) is 9.95. The van der Waals surface area contributed by atoms with Gasteiger partial charge in [0.1, 0.15) is 0 Å². The Hall–Kier alpha value is -2.10. The fourth-order valence-corrected chi connectivity index (χ4v) is 2.79. The number of carbonyl (C=O) groups is 2. The number of carboxylic acid groups (broad SMARTS) is 1. The molecule has 21 heavy (non-hydrogen) atoms. The maximum absolute atomic E-state index is 12.0. The molecule has 0 saturated heterocycles. The van der Waals surface area contributed by atoms with E-state index in [9.17, 15) is 14.7 Å². The molecular weight excluding hydrogens is 266 g/mol. The molecule has 1 aromatic rings. The zero-order valence-electron chi connectivity index (χ0n) is 12.4. The van der Waals surface area contributed by atoms with Crippen LogP contribution in [0.1, 0.15) is 42.0 Å². The van der Waals surface area contributed by atoms with Crippen molar-refractivity contribution in [1.29, 1.82) is 0 Å². The second-order valence-electron chi connectivity index (χ2n) is 5.73. The van der Waals surface area contributed by atoms with E-state index in [-0.39, 0.29) is 11.8 Å². The lowest BCUT2D eigenvalue weighted by atomic mass is 10.00. The van der Waals surface area contributed by atoms with Gasteiger partial charge in [0, 0.05) is 6.42 Å². The number of allylic oxidation sites excluding steroid dienone is 2. The van der Waals surface area contributed by atoms with Crippen LogP contribution in [0.3, 0.4) is 0 Å². The molecule has 4 heteroatoms. The fourth-order valence-electron chi connectivity index (χ4n) is 2.79. The van der Waals surface area contributed by atoms with Gasteiger partial charge in [0.05, 0.1) is 0 Å². The SMILES string of the molecule is Cc1cc(C)cc(C(NC(=O)CC2C=CCC2)C(=O)O)c1. The second-order valence-corrected chi connectivity index (χ2v) is 5.73. The first-order valence-corrected chi connectivity index (χ1v) is 7.22. The molecule has 0 spiro atoms. The molecule has 0 saturated carbocycles. The minimum Gasteiger partial charge on any atom is -0.479 e. The van der Waals surface area contributed by atoms with E-state index in [1.54, 1.807) is 0 Å². The molecule has 0 aromatic heterocycles. The van der Waals surface area contributed by atoms with Crippen LogP contribution in [0.15, 0.2) is 30.4 Å². The third-order valence-corrected chi connectivity index (χ3v) is 3.69. The largest absolute Gasteiger partial charge is 0.479 e. The number of aryl methyl sites for hydroxylation is 2. The Morgan fingerprint density at radius 3 is 2.48 bits per heavy atom. The molecule has 0 aliphatic heterocycles. The standard InChI is InChI=1S/C17H21NO3/c1-11-7-12(2)9-14(8-11)16(17(20)21)18-15(19)10-13-5-3-4-6-13/h3,5,7-9,13,16H,4,6,10H2,1-2H3,(H,18,19)(H,20,21). The van der Waals surface area contributed by atoms with Crippen molar-refractivity contribution in [1.82, 2.24) is 5.32 Å². The summed E-state index contributed by atoms with van der Waals surface area (Å²) in [6.07, 6.45) is 6.42. The average Bonchev–Trinajstić information content (AvgIpc) is 2.87. The van der Waals surface area contributed by atoms with E-state index >= 15 is 0 Å². The van der Waals surface area contributed by atoms with E-state index in [1.165, 1.54) is 0 Å². The van der Waals surface area contributed by atoms with Crippen molar-refractivity contribution in [3.8, 4) is 0 Å². The van der Waals surface area contributed by atoms with Crippen LogP contribution < -0.4 is 5.32 Å². The number of hydrogen-bond acceptors (Lipinski definition) is 2. The van der Waals surface area contributed by atoms with Crippen LogP contribution in [-0.4, -0.2) is 17.0 Å². The van der Waals surface area contributed by atoms with E-state index in [0.29, 0.717) is 12.0 Å². The van der Waals surface area contributed by atoms with Crippen molar-refractivity contribution >= 4 is 11.9 Å². The number of rotatable bonds is 5. The molecule has 1 aliphatic carbocycles. The van der Waals surface area contributed by atoms with E-state index < -0.39 is 12.0 Å². The van der Waals surface area contributed by atoms with Crippen LogP contribution in [0, 0.1) is 19.8 Å². The van der Waals surface area contributed by atoms with Gasteiger partial charge in [-0.2, -0.15) is 0 Å². The lowest BCUT2D eigenvalue weighted by Crippen LogP contribution is -2.34. The molecule has 1 amide bonds. The van der Waals surface area contributed by atoms with Crippen LogP contribution in [0.4, 0.5) is 0 Å². The van der Waals surface area contributed by atoms with E-state index in [0.717, 1.165) is 24.0 Å². The highest BCUT2D eigenvalue weighted by molar-refractivity contribution is 5.84. The van der Waals surface area contributed by atoms with Gasteiger partial charge in [0.25, 0.3) is 0 Å². The number of aliphatic carboxylic acids is 1. The molecule has 4 nitrogen and oxygen atoms in total. The molecule has 0 bridgehead atoms. The Bertz CT molecular complexity index is 557. The zero-order chi connectivity index (χ0) is 15.4. The van der Waals surface area contributed by atoms with Gasteiger partial charge in [0.15, 0.2) is 6.04 Å². The summed E-state index contributed by atoms with van der Waals surface area (Å²) in [6, 6.07) is 4.61. The summed E-state index contributed by atoms with van der Waals surface area (Å²) in [5.41, 5.74) is 2.60. The average molecular weight is 287 g/mol. The van der Waals surface area contributed by atoms with Gasteiger partial charge in [-0.25, -0.2) is 4.79 Å². The van der Waals surface area contributed by atoms with Crippen molar-refractivity contribution in [2.24, 2.45) is 5.92 Å². The molecule has 112 valence electrons. The van der Waals surface area contributed by atoms with Crippen molar-refractivity contribution in [3.63, 3.8) is 0 Å². The summed E-state index contributed by atoms with van der Waals surface area (Å²) in [6.45, 7) is 3.83. The van der Waals surface area contributed by atoms with Crippen molar-refractivity contribution < 1.29 is 14.7 Å².